The van der Waals surface area contributed by atoms with Crippen LogP contribution in [0.3, 0.4) is 0 Å². The molecule has 0 atom stereocenters. The van der Waals surface area contributed by atoms with Gasteiger partial charge in [-0.25, -0.2) is 9.97 Å². The summed E-state index contributed by atoms with van der Waals surface area (Å²) in [4.78, 5) is 15.5. The molecule has 0 saturated carbocycles. The molecule has 4 aromatic rings. The molecule has 3 aromatic heterocycles. The second kappa shape index (κ2) is 6.68. The Kier molecular flexibility index (Phi) is 4.03. The minimum Gasteiger partial charge on any atom is -0.356 e. The van der Waals surface area contributed by atoms with Gasteiger partial charge in [0.1, 0.15) is 11.6 Å². The number of aromatic nitrogens is 5. The SMILES string of the molecule is CCCc1cc(N2CCC(c3nc4ccccc4[nH]3)CC2)n2nccc2n1. The lowest BCUT2D eigenvalue weighted by molar-refractivity contribution is 0.484. The molecule has 0 spiro atoms. The minimum absolute atomic E-state index is 0.485. The number of para-hydroxylation sites is 2. The van der Waals surface area contributed by atoms with Crippen molar-refractivity contribution < 1.29 is 0 Å². The Morgan fingerprint density at radius 1 is 1.11 bits per heavy atom. The number of nitrogens with one attached hydrogen (secondary N) is 1. The van der Waals surface area contributed by atoms with Crippen molar-refractivity contribution >= 4 is 22.5 Å². The molecular weight excluding hydrogens is 336 g/mol. The summed E-state index contributed by atoms with van der Waals surface area (Å²) in [6.45, 7) is 4.21. The minimum atomic E-state index is 0.485. The van der Waals surface area contributed by atoms with Crippen molar-refractivity contribution in [1.29, 1.82) is 0 Å². The first kappa shape index (κ1) is 16.3. The van der Waals surface area contributed by atoms with Gasteiger partial charge in [0.25, 0.3) is 0 Å². The third-order valence-corrected chi connectivity index (χ3v) is 5.51. The van der Waals surface area contributed by atoms with Gasteiger partial charge in [-0.3, -0.25) is 0 Å². The van der Waals surface area contributed by atoms with E-state index in [0.29, 0.717) is 5.92 Å². The van der Waals surface area contributed by atoms with Gasteiger partial charge >= 0.3 is 0 Å². The molecule has 0 unspecified atom stereocenters. The van der Waals surface area contributed by atoms with Crippen LogP contribution < -0.4 is 4.90 Å². The second-order valence-electron chi connectivity index (χ2n) is 7.36. The number of anilines is 1. The van der Waals surface area contributed by atoms with Gasteiger partial charge in [-0.2, -0.15) is 9.61 Å². The molecule has 5 rings (SSSR count). The fourth-order valence-electron chi connectivity index (χ4n) is 4.10. The zero-order valence-corrected chi connectivity index (χ0v) is 15.6. The molecular formula is C21H24N6. The van der Waals surface area contributed by atoms with Crippen LogP contribution in [0.1, 0.15) is 43.6 Å². The molecule has 1 saturated heterocycles. The van der Waals surface area contributed by atoms with Gasteiger partial charge in [0, 0.05) is 36.8 Å². The molecule has 1 aliphatic rings. The Morgan fingerprint density at radius 3 is 2.78 bits per heavy atom. The Morgan fingerprint density at radius 2 is 1.96 bits per heavy atom. The highest BCUT2D eigenvalue weighted by Gasteiger charge is 2.25. The number of rotatable bonds is 4. The Bertz CT molecular complexity index is 1040. The quantitative estimate of drug-likeness (QED) is 0.599. The summed E-state index contributed by atoms with van der Waals surface area (Å²) in [6.07, 6.45) is 6.12. The zero-order valence-electron chi connectivity index (χ0n) is 15.6. The molecule has 0 radical (unpaired) electrons. The van der Waals surface area contributed by atoms with E-state index in [2.05, 4.69) is 46.2 Å². The summed E-state index contributed by atoms with van der Waals surface area (Å²) in [5, 5.41) is 4.50. The van der Waals surface area contributed by atoms with Crippen LogP contribution in [0.25, 0.3) is 16.7 Å². The molecule has 1 N–H and O–H groups in total. The lowest BCUT2D eigenvalue weighted by atomic mass is 9.96. The fourth-order valence-corrected chi connectivity index (χ4v) is 4.10. The molecule has 0 amide bonds. The van der Waals surface area contributed by atoms with Crippen molar-refractivity contribution in [3.8, 4) is 0 Å². The number of aromatic amines is 1. The number of aryl methyl sites for hydroxylation is 1. The number of fused-ring (bicyclic) bond motifs is 2. The van der Waals surface area contributed by atoms with E-state index in [1.807, 2.05) is 22.8 Å². The highest BCUT2D eigenvalue weighted by atomic mass is 15.3. The van der Waals surface area contributed by atoms with Gasteiger partial charge in [-0.15, -0.1) is 0 Å². The van der Waals surface area contributed by atoms with Crippen molar-refractivity contribution in [2.24, 2.45) is 0 Å². The molecule has 6 nitrogen and oxygen atoms in total. The Balaban J connectivity index is 1.38. The van der Waals surface area contributed by atoms with E-state index >= 15 is 0 Å². The third kappa shape index (κ3) is 2.95. The largest absolute Gasteiger partial charge is 0.356 e. The zero-order chi connectivity index (χ0) is 18.2. The van der Waals surface area contributed by atoms with Crippen LogP contribution >= 0.6 is 0 Å². The number of hydrogen-bond donors (Lipinski definition) is 1. The van der Waals surface area contributed by atoms with Crippen LogP contribution in [-0.4, -0.2) is 37.7 Å². The lowest BCUT2D eigenvalue weighted by Crippen LogP contribution is -2.34. The molecule has 27 heavy (non-hydrogen) atoms. The van der Waals surface area contributed by atoms with Gasteiger partial charge in [-0.05, 0) is 31.4 Å². The van der Waals surface area contributed by atoms with Crippen molar-refractivity contribution in [2.75, 3.05) is 18.0 Å². The molecule has 6 heteroatoms. The molecule has 0 aliphatic carbocycles. The third-order valence-electron chi connectivity index (χ3n) is 5.51. The standard InChI is InChI=1S/C21H24N6/c1-2-5-16-14-20(27-19(23-16)8-11-22-27)26-12-9-15(10-13-26)21-24-17-6-3-4-7-18(17)25-21/h3-4,6-8,11,14-15H,2,5,9-10,12-13H2,1H3,(H,24,25). The van der Waals surface area contributed by atoms with Crippen LogP contribution in [0.5, 0.6) is 0 Å². The molecule has 1 aromatic carbocycles. The average Bonchev–Trinajstić information content (AvgIpc) is 3.34. The maximum Gasteiger partial charge on any atom is 0.157 e. The topological polar surface area (TPSA) is 62.1 Å². The van der Waals surface area contributed by atoms with Gasteiger partial charge < -0.3 is 9.88 Å². The second-order valence-corrected chi connectivity index (χ2v) is 7.36. The van der Waals surface area contributed by atoms with E-state index in [9.17, 15) is 0 Å². The summed E-state index contributed by atoms with van der Waals surface area (Å²) in [5.41, 5.74) is 4.29. The average molecular weight is 360 g/mol. The Hall–Kier alpha value is -2.89. The van der Waals surface area contributed by atoms with Gasteiger partial charge in [0.2, 0.25) is 0 Å². The number of H-pyrrole nitrogens is 1. The predicted octanol–water partition coefficient (Wildman–Crippen LogP) is 3.94. The van der Waals surface area contributed by atoms with E-state index in [0.717, 1.165) is 72.8 Å². The predicted molar refractivity (Wildman–Crippen MR) is 107 cm³/mol. The number of hydrogen-bond acceptors (Lipinski definition) is 4. The van der Waals surface area contributed by atoms with E-state index in [1.54, 1.807) is 0 Å². The summed E-state index contributed by atoms with van der Waals surface area (Å²) in [5.74, 6) is 2.77. The number of imidazole rings is 1. The van der Waals surface area contributed by atoms with Crippen molar-refractivity contribution in [3.05, 3.63) is 54.1 Å². The molecule has 138 valence electrons. The van der Waals surface area contributed by atoms with Crippen LogP contribution in [-0.2, 0) is 6.42 Å². The van der Waals surface area contributed by atoms with Crippen LogP contribution in [0.2, 0.25) is 0 Å². The molecule has 4 heterocycles. The first-order valence-corrected chi connectivity index (χ1v) is 9.85. The van der Waals surface area contributed by atoms with E-state index in [1.165, 1.54) is 0 Å². The van der Waals surface area contributed by atoms with Crippen LogP contribution in [0, 0.1) is 0 Å². The number of nitrogens with zero attached hydrogens (tertiary/aromatic N) is 5. The molecule has 0 bridgehead atoms. The first-order chi connectivity index (χ1) is 13.3. The van der Waals surface area contributed by atoms with Gasteiger partial charge in [0.05, 0.1) is 17.2 Å². The smallest absolute Gasteiger partial charge is 0.157 e. The van der Waals surface area contributed by atoms with E-state index < -0.39 is 0 Å². The van der Waals surface area contributed by atoms with Crippen LogP contribution in [0.4, 0.5) is 5.82 Å². The van der Waals surface area contributed by atoms with Gasteiger partial charge in [-0.1, -0.05) is 25.5 Å². The monoisotopic (exact) mass is 360 g/mol. The summed E-state index contributed by atoms with van der Waals surface area (Å²) in [7, 11) is 0. The molecule has 1 aliphatic heterocycles. The maximum atomic E-state index is 4.81. The van der Waals surface area contributed by atoms with Crippen molar-refractivity contribution in [3.63, 3.8) is 0 Å². The highest BCUT2D eigenvalue weighted by molar-refractivity contribution is 5.74. The maximum absolute atomic E-state index is 4.81. The summed E-state index contributed by atoms with van der Waals surface area (Å²) >= 11 is 0. The summed E-state index contributed by atoms with van der Waals surface area (Å²) in [6, 6.07) is 12.5. The van der Waals surface area contributed by atoms with Crippen LogP contribution in [0.15, 0.2) is 42.6 Å². The Labute approximate surface area is 158 Å². The lowest BCUT2D eigenvalue weighted by Gasteiger charge is -2.33. The summed E-state index contributed by atoms with van der Waals surface area (Å²) < 4.78 is 1.97. The van der Waals surface area contributed by atoms with Crippen molar-refractivity contribution in [2.45, 2.75) is 38.5 Å². The van der Waals surface area contributed by atoms with E-state index in [-0.39, 0.29) is 0 Å². The fraction of sp³-hybridized carbons (Fsp3) is 0.381. The first-order valence-electron chi connectivity index (χ1n) is 9.85. The normalized spacial score (nSPS) is 15.8. The van der Waals surface area contributed by atoms with Crippen molar-refractivity contribution in [1.82, 2.24) is 24.6 Å². The number of piperidine rings is 1. The van der Waals surface area contributed by atoms with Gasteiger partial charge in [0.15, 0.2) is 5.65 Å². The number of benzene rings is 1. The molecule has 1 fully saturated rings. The van der Waals surface area contributed by atoms with E-state index in [4.69, 9.17) is 9.97 Å². The highest BCUT2D eigenvalue weighted by Crippen LogP contribution is 2.30.